The van der Waals surface area contributed by atoms with E-state index in [0.29, 0.717) is 9.90 Å². The van der Waals surface area contributed by atoms with Crippen LogP contribution in [0.2, 0.25) is 4.34 Å². The topological polar surface area (TPSA) is 61.7 Å². The Morgan fingerprint density at radius 1 is 1.28 bits per heavy atom. The van der Waals surface area contributed by atoms with Crippen LogP contribution in [0.4, 0.5) is 0 Å². The van der Waals surface area contributed by atoms with Crippen molar-refractivity contribution in [1.82, 2.24) is 5.43 Å². The number of phenolic OH excluding ortho intramolecular Hbond substituents is 1. The molecule has 0 aliphatic rings. The molecule has 6 heteroatoms. The van der Waals surface area contributed by atoms with Crippen LogP contribution in [0.5, 0.6) is 5.75 Å². The fourth-order valence-corrected chi connectivity index (χ4v) is 2.16. The molecule has 4 nitrogen and oxygen atoms in total. The molecule has 2 rings (SSSR count). The lowest BCUT2D eigenvalue weighted by Gasteiger charge is -1.99. The number of phenols is 1. The molecule has 1 aromatic carbocycles. The SMILES string of the molecule is O=C(N/N=C\c1ccc(Cl)s1)c1ccc(O)cc1. The van der Waals surface area contributed by atoms with Crippen LogP contribution in [0.3, 0.4) is 0 Å². The number of hydrogen-bond acceptors (Lipinski definition) is 4. The van der Waals surface area contributed by atoms with E-state index in [2.05, 4.69) is 10.5 Å². The summed E-state index contributed by atoms with van der Waals surface area (Å²) in [5, 5.41) is 12.9. The lowest BCUT2D eigenvalue weighted by atomic mass is 10.2. The van der Waals surface area contributed by atoms with Crippen LogP contribution in [-0.4, -0.2) is 17.2 Å². The van der Waals surface area contributed by atoms with E-state index in [4.69, 9.17) is 16.7 Å². The molecule has 18 heavy (non-hydrogen) atoms. The second-order valence-corrected chi connectivity index (χ2v) is 5.13. The molecule has 0 aliphatic carbocycles. The van der Waals surface area contributed by atoms with Crippen molar-refractivity contribution in [3.8, 4) is 5.75 Å². The Balaban J connectivity index is 1.96. The van der Waals surface area contributed by atoms with Gasteiger partial charge < -0.3 is 5.11 Å². The first kappa shape index (κ1) is 12.6. The molecule has 0 saturated carbocycles. The molecule has 1 amide bonds. The summed E-state index contributed by atoms with van der Waals surface area (Å²) in [6.45, 7) is 0. The maximum Gasteiger partial charge on any atom is 0.271 e. The van der Waals surface area contributed by atoms with Crippen molar-refractivity contribution < 1.29 is 9.90 Å². The average Bonchev–Trinajstić information content (AvgIpc) is 2.76. The van der Waals surface area contributed by atoms with Crippen molar-refractivity contribution in [2.75, 3.05) is 0 Å². The minimum atomic E-state index is -0.339. The van der Waals surface area contributed by atoms with E-state index in [1.165, 1.54) is 41.8 Å². The van der Waals surface area contributed by atoms with Crippen LogP contribution in [0.25, 0.3) is 0 Å². The highest BCUT2D eigenvalue weighted by Crippen LogP contribution is 2.19. The van der Waals surface area contributed by atoms with Gasteiger partial charge in [-0.3, -0.25) is 4.79 Å². The van der Waals surface area contributed by atoms with Gasteiger partial charge in [0.05, 0.1) is 10.6 Å². The lowest BCUT2D eigenvalue weighted by Crippen LogP contribution is -2.17. The van der Waals surface area contributed by atoms with Gasteiger partial charge in [-0.15, -0.1) is 11.3 Å². The molecule has 1 heterocycles. The first-order valence-corrected chi connectivity index (χ1v) is 6.22. The Bertz CT molecular complexity index is 578. The highest BCUT2D eigenvalue weighted by atomic mass is 35.5. The second kappa shape index (κ2) is 5.66. The Kier molecular flexibility index (Phi) is 3.96. The molecular formula is C12H9ClN2O2S. The van der Waals surface area contributed by atoms with E-state index in [1.54, 1.807) is 6.07 Å². The fourth-order valence-electron chi connectivity index (χ4n) is 1.23. The molecule has 0 radical (unpaired) electrons. The third-order valence-electron chi connectivity index (χ3n) is 2.08. The Labute approximate surface area is 113 Å². The lowest BCUT2D eigenvalue weighted by molar-refractivity contribution is 0.0955. The number of nitrogens with one attached hydrogen (secondary N) is 1. The predicted molar refractivity (Wildman–Crippen MR) is 72.5 cm³/mol. The van der Waals surface area contributed by atoms with Gasteiger partial charge in [0.15, 0.2) is 0 Å². The van der Waals surface area contributed by atoms with Crippen LogP contribution in [0.15, 0.2) is 41.5 Å². The summed E-state index contributed by atoms with van der Waals surface area (Å²) in [6.07, 6.45) is 1.52. The van der Waals surface area contributed by atoms with Gasteiger partial charge >= 0.3 is 0 Å². The molecule has 92 valence electrons. The zero-order valence-corrected chi connectivity index (χ0v) is 10.7. The number of nitrogens with zero attached hydrogens (tertiary/aromatic N) is 1. The normalized spacial score (nSPS) is 10.7. The summed E-state index contributed by atoms with van der Waals surface area (Å²) in [7, 11) is 0. The van der Waals surface area contributed by atoms with Crippen LogP contribution in [0.1, 0.15) is 15.2 Å². The number of amides is 1. The quantitative estimate of drug-likeness (QED) is 0.671. The highest BCUT2D eigenvalue weighted by Gasteiger charge is 2.03. The number of halogens is 1. The van der Waals surface area contributed by atoms with Gasteiger partial charge in [-0.2, -0.15) is 5.10 Å². The Morgan fingerprint density at radius 2 is 2.00 bits per heavy atom. The van der Waals surface area contributed by atoms with Crippen molar-refractivity contribution in [3.63, 3.8) is 0 Å². The van der Waals surface area contributed by atoms with Gasteiger partial charge in [-0.1, -0.05) is 11.6 Å². The largest absolute Gasteiger partial charge is 0.508 e. The molecule has 0 bridgehead atoms. The van der Waals surface area contributed by atoms with Crippen molar-refractivity contribution in [1.29, 1.82) is 0 Å². The molecule has 0 aliphatic heterocycles. The summed E-state index contributed by atoms with van der Waals surface area (Å²) in [6, 6.07) is 9.48. The van der Waals surface area contributed by atoms with Crippen LogP contribution >= 0.6 is 22.9 Å². The van der Waals surface area contributed by atoms with Crippen molar-refractivity contribution in [3.05, 3.63) is 51.2 Å². The van der Waals surface area contributed by atoms with E-state index in [1.807, 2.05) is 6.07 Å². The Hall–Kier alpha value is -1.85. The molecule has 0 atom stereocenters. The zero-order valence-electron chi connectivity index (χ0n) is 9.13. The molecule has 0 unspecified atom stereocenters. The number of carbonyl (C=O) groups excluding carboxylic acids is 1. The summed E-state index contributed by atoms with van der Waals surface area (Å²) in [5.41, 5.74) is 2.81. The molecular weight excluding hydrogens is 272 g/mol. The summed E-state index contributed by atoms with van der Waals surface area (Å²) in [4.78, 5) is 12.5. The van der Waals surface area contributed by atoms with Gasteiger partial charge in [0.1, 0.15) is 5.75 Å². The molecule has 2 N–H and O–H groups in total. The van der Waals surface area contributed by atoms with Crippen molar-refractivity contribution in [2.24, 2.45) is 5.10 Å². The molecule has 0 fully saturated rings. The number of rotatable bonds is 3. The number of carbonyl (C=O) groups is 1. The Morgan fingerprint density at radius 3 is 2.61 bits per heavy atom. The smallest absolute Gasteiger partial charge is 0.271 e. The fraction of sp³-hybridized carbons (Fsp3) is 0. The standard InChI is InChI=1S/C12H9ClN2O2S/c13-11-6-5-10(18-11)7-14-15-12(17)8-1-3-9(16)4-2-8/h1-7,16H,(H,15,17)/b14-7-. The molecule has 1 aromatic heterocycles. The zero-order chi connectivity index (χ0) is 13.0. The average molecular weight is 281 g/mol. The number of benzene rings is 1. The maximum absolute atomic E-state index is 11.6. The van der Waals surface area contributed by atoms with Crippen LogP contribution in [-0.2, 0) is 0 Å². The molecule has 0 spiro atoms. The first-order chi connectivity index (χ1) is 8.65. The summed E-state index contributed by atoms with van der Waals surface area (Å²) < 4.78 is 0.668. The molecule has 2 aromatic rings. The third kappa shape index (κ3) is 3.32. The van der Waals surface area contributed by atoms with E-state index in [9.17, 15) is 4.79 Å². The maximum atomic E-state index is 11.6. The predicted octanol–water partition coefficient (Wildman–Crippen LogP) is 2.87. The van der Waals surface area contributed by atoms with Crippen molar-refractivity contribution >= 4 is 35.1 Å². The number of aromatic hydroxyl groups is 1. The minimum Gasteiger partial charge on any atom is -0.508 e. The number of hydrogen-bond donors (Lipinski definition) is 2. The summed E-state index contributed by atoms with van der Waals surface area (Å²) in [5.74, 6) is -0.225. The number of thiophene rings is 1. The van der Waals surface area contributed by atoms with Gasteiger partial charge in [0, 0.05) is 10.4 Å². The van der Waals surface area contributed by atoms with Crippen molar-refractivity contribution in [2.45, 2.75) is 0 Å². The summed E-state index contributed by atoms with van der Waals surface area (Å²) >= 11 is 7.13. The highest BCUT2D eigenvalue weighted by molar-refractivity contribution is 7.17. The number of hydrazone groups is 1. The van der Waals surface area contributed by atoms with E-state index >= 15 is 0 Å². The van der Waals surface area contributed by atoms with E-state index in [0.717, 1.165) is 4.88 Å². The third-order valence-corrected chi connectivity index (χ3v) is 3.25. The molecule has 0 saturated heterocycles. The van der Waals surface area contributed by atoms with Crippen LogP contribution in [0, 0.1) is 0 Å². The van der Waals surface area contributed by atoms with E-state index < -0.39 is 0 Å². The van der Waals surface area contributed by atoms with Crippen LogP contribution < -0.4 is 5.43 Å². The van der Waals surface area contributed by atoms with Gasteiger partial charge in [0.25, 0.3) is 5.91 Å². The van der Waals surface area contributed by atoms with Gasteiger partial charge in [0.2, 0.25) is 0 Å². The van der Waals surface area contributed by atoms with Gasteiger partial charge in [-0.25, -0.2) is 5.43 Å². The van der Waals surface area contributed by atoms with Gasteiger partial charge in [-0.05, 0) is 36.4 Å². The minimum absolute atomic E-state index is 0.114. The first-order valence-electron chi connectivity index (χ1n) is 5.03. The monoisotopic (exact) mass is 280 g/mol. The van der Waals surface area contributed by atoms with E-state index in [-0.39, 0.29) is 11.7 Å². The second-order valence-electron chi connectivity index (χ2n) is 3.39.